The number of aryl methyl sites for hydroxylation is 2. The Balaban J connectivity index is 2.11. The molecular formula is C16H14ClNO3. The lowest BCUT2D eigenvalue weighted by molar-refractivity contribution is 0.219. The molecule has 1 heterocycles. The minimum atomic E-state index is -0.821. The average molecular weight is 304 g/mol. The summed E-state index contributed by atoms with van der Waals surface area (Å²) < 4.78 is 6.58. The van der Waals surface area contributed by atoms with Crippen LogP contribution < -0.4 is 5.76 Å². The van der Waals surface area contributed by atoms with Crippen LogP contribution in [0, 0.1) is 6.92 Å². The van der Waals surface area contributed by atoms with E-state index < -0.39 is 11.9 Å². The number of aliphatic hydroxyl groups excluding tert-OH is 1. The quantitative estimate of drug-likeness (QED) is 0.791. The summed E-state index contributed by atoms with van der Waals surface area (Å²) in [7, 11) is 1.64. The van der Waals surface area contributed by atoms with Gasteiger partial charge >= 0.3 is 5.76 Å². The van der Waals surface area contributed by atoms with Gasteiger partial charge in [-0.05, 0) is 47.9 Å². The summed E-state index contributed by atoms with van der Waals surface area (Å²) in [4.78, 5) is 11.5. The molecule has 0 saturated carbocycles. The van der Waals surface area contributed by atoms with Gasteiger partial charge in [0.25, 0.3) is 0 Å². The van der Waals surface area contributed by atoms with E-state index in [1.165, 1.54) is 4.57 Å². The number of fused-ring (bicyclic) bond motifs is 1. The number of rotatable bonds is 2. The van der Waals surface area contributed by atoms with Crippen molar-refractivity contribution in [3.63, 3.8) is 0 Å². The zero-order valence-corrected chi connectivity index (χ0v) is 12.4. The monoisotopic (exact) mass is 303 g/mol. The lowest BCUT2D eigenvalue weighted by Crippen LogP contribution is -2.08. The first-order valence-electron chi connectivity index (χ1n) is 6.51. The number of benzene rings is 2. The Morgan fingerprint density at radius 1 is 1.24 bits per heavy atom. The number of nitrogens with zero attached hydrogens (tertiary/aromatic N) is 1. The number of aromatic nitrogens is 1. The first-order chi connectivity index (χ1) is 9.97. The van der Waals surface area contributed by atoms with Crippen LogP contribution >= 0.6 is 11.6 Å². The highest BCUT2D eigenvalue weighted by Crippen LogP contribution is 2.29. The summed E-state index contributed by atoms with van der Waals surface area (Å²) >= 11 is 5.99. The smallest absolute Gasteiger partial charge is 0.408 e. The van der Waals surface area contributed by atoms with Gasteiger partial charge in [0.05, 0.1) is 5.52 Å². The van der Waals surface area contributed by atoms with Crippen molar-refractivity contribution < 1.29 is 9.52 Å². The molecule has 108 valence electrons. The van der Waals surface area contributed by atoms with Crippen molar-refractivity contribution in [2.75, 3.05) is 0 Å². The molecule has 2 aromatic carbocycles. The molecule has 21 heavy (non-hydrogen) atoms. The Labute approximate surface area is 126 Å². The molecule has 1 N–H and O–H groups in total. The van der Waals surface area contributed by atoms with Gasteiger partial charge in [-0.3, -0.25) is 4.57 Å². The first kappa shape index (κ1) is 13.9. The molecular weight excluding hydrogens is 290 g/mol. The molecule has 0 aliphatic heterocycles. The SMILES string of the molecule is Cc1ccc(Cl)cc1C(O)c1ccc2c(c1)oc(=O)n2C. The molecule has 0 aliphatic carbocycles. The predicted molar refractivity (Wildman–Crippen MR) is 81.7 cm³/mol. The molecule has 0 spiro atoms. The minimum absolute atomic E-state index is 0.421. The highest BCUT2D eigenvalue weighted by Gasteiger charge is 2.16. The van der Waals surface area contributed by atoms with Gasteiger partial charge in [-0.15, -0.1) is 0 Å². The van der Waals surface area contributed by atoms with Crippen LogP contribution in [0.5, 0.6) is 0 Å². The molecule has 3 rings (SSSR count). The van der Waals surface area contributed by atoms with Crippen LogP contribution in [0.15, 0.2) is 45.6 Å². The predicted octanol–water partition coefficient (Wildman–Crippen LogP) is 3.18. The van der Waals surface area contributed by atoms with E-state index in [-0.39, 0.29) is 0 Å². The standard InChI is InChI=1S/C16H14ClNO3/c1-9-3-5-11(17)8-12(9)15(19)10-4-6-13-14(7-10)21-16(20)18(13)2/h3-8,15,19H,1-2H3. The van der Waals surface area contributed by atoms with Crippen LogP contribution in [0.2, 0.25) is 5.02 Å². The largest absolute Gasteiger partial charge is 0.419 e. The lowest BCUT2D eigenvalue weighted by Gasteiger charge is -2.14. The maximum atomic E-state index is 11.5. The van der Waals surface area contributed by atoms with E-state index in [9.17, 15) is 9.90 Å². The summed E-state index contributed by atoms with van der Waals surface area (Å²) in [5.74, 6) is -0.421. The summed E-state index contributed by atoms with van der Waals surface area (Å²) in [6.45, 7) is 1.91. The molecule has 1 atom stereocenters. The van der Waals surface area contributed by atoms with Crippen molar-refractivity contribution in [2.45, 2.75) is 13.0 Å². The van der Waals surface area contributed by atoms with Gasteiger partial charge in [-0.1, -0.05) is 23.7 Å². The average Bonchev–Trinajstić information content (AvgIpc) is 2.75. The molecule has 0 aliphatic rings. The molecule has 1 unspecified atom stereocenters. The van der Waals surface area contributed by atoms with Gasteiger partial charge in [0.2, 0.25) is 0 Å². The first-order valence-corrected chi connectivity index (χ1v) is 6.89. The summed E-state index contributed by atoms with van der Waals surface area (Å²) in [6, 6.07) is 10.6. The van der Waals surface area contributed by atoms with Gasteiger partial charge in [-0.2, -0.15) is 0 Å². The van der Waals surface area contributed by atoms with Crippen LogP contribution in [-0.4, -0.2) is 9.67 Å². The number of aliphatic hydroxyl groups is 1. The molecule has 0 saturated heterocycles. The number of hydrogen-bond donors (Lipinski definition) is 1. The maximum absolute atomic E-state index is 11.5. The van der Waals surface area contributed by atoms with E-state index >= 15 is 0 Å². The van der Waals surface area contributed by atoms with E-state index in [4.69, 9.17) is 16.0 Å². The van der Waals surface area contributed by atoms with Crippen molar-refractivity contribution in [1.82, 2.24) is 4.57 Å². The molecule has 3 aromatic rings. The van der Waals surface area contributed by atoms with Gasteiger partial charge in [0.1, 0.15) is 6.10 Å². The van der Waals surface area contributed by atoms with Gasteiger partial charge in [0, 0.05) is 12.1 Å². The van der Waals surface area contributed by atoms with Crippen molar-refractivity contribution in [3.05, 3.63) is 68.7 Å². The number of halogens is 1. The third-order valence-electron chi connectivity index (χ3n) is 3.67. The Hall–Kier alpha value is -2.04. The third-order valence-corrected chi connectivity index (χ3v) is 3.90. The fourth-order valence-electron chi connectivity index (χ4n) is 2.41. The van der Waals surface area contributed by atoms with E-state index in [1.54, 1.807) is 37.4 Å². The highest BCUT2D eigenvalue weighted by molar-refractivity contribution is 6.30. The molecule has 0 amide bonds. The van der Waals surface area contributed by atoms with Crippen LogP contribution in [0.1, 0.15) is 22.8 Å². The second kappa shape index (κ2) is 5.06. The van der Waals surface area contributed by atoms with Crippen molar-refractivity contribution >= 4 is 22.7 Å². The van der Waals surface area contributed by atoms with E-state index in [1.807, 2.05) is 13.0 Å². The normalized spacial score (nSPS) is 12.8. The zero-order valence-electron chi connectivity index (χ0n) is 11.6. The van der Waals surface area contributed by atoms with Gasteiger partial charge in [-0.25, -0.2) is 4.79 Å². The summed E-state index contributed by atoms with van der Waals surface area (Å²) in [5.41, 5.74) is 3.49. The number of hydrogen-bond acceptors (Lipinski definition) is 3. The van der Waals surface area contributed by atoms with Crippen molar-refractivity contribution in [1.29, 1.82) is 0 Å². The summed E-state index contributed by atoms with van der Waals surface area (Å²) in [6.07, 6.45) is -0.821. The summed E-state index contributed by atoms with van der Waals surface area (Å²) in [5, 5.41) is 11.1. The van der Waals surface area contributed by atoms with E-state index in [2.05, 4.69) is 0 Å². The van der Waals surface area contributed by atoms with E-state index in [0.717, 1.165) is 11.1 Å². The third kappa shape index (κ3) is 2.37. The van der Waals surface area contributed by atoms with Crippen LogP contribution in [0.4, 0.5) is 0 Å². The highest BCUT2D eigenvalue weighted by atomic mass is 35.5. The van der Waals surface area contributed by atoms with E-state index in [0.29, 0.717) is 21.7 Å². The minimum Gasteiger partial charge on any atom is -0.408 e. The zero-order chi connectivity index (χ0) is 15.1. The Morgan fingerprint density at radius 2 is 2.00 bits per heavy atom. The maximum Gasteiger partial charge on any atom is 0.419 e. The van der Waals surface area contributed by atoms with Crippen LogP contribution in [0.25, 0.3) is 11.1 Å². The Bertz CT molecular complexity index is 879. The molecule has 1 aromatic heterocycles. The van der Waals surface area contributed by atoms with Crippen molar-refractivity contribution in [3.8, 4) is 0 Å². The molecule has 0 radical (unpaired) electrons. The molecule has 4 nitrogen and oxygen atoms in total. The Morgan fingerprint density at radius 3 is 2.76 bits per heavy atom. The van der Waals surface area contributed by atoms with Crippen LogP contribution in [0.3, 0.4) is 0 Å². The van der Waals surface area contributed by atoms with Gasteiger partial charge in [0.15, 0.2) is 5.58 Å². The molecule has 0 bridgehead atoms. The van der Waals surface area contributed by atoms with Crippen LogP contribution in [-0.2, 0) is 7.05 Å². The number of oxazole rings is 1. The second-order valence-electron chi connectivity index (χ2n) is 5.06. The molecule has 0 fully saturated rings. The fraction of sp³-hybridized carbons (Fsp3) is 0.188. The van der Waals surface area contributed by atoms with Crippen molar-refractivity contribution in [2.24, 2.45) is 7.05 Å². The topological polar surface area (TPSA) is 55.4 Å². The van der Waals surface area contributed by atoms with Gasteiger partial charge < -0.3 is 9.52 Å². The lowest BCUT2D eigenvalue weighted by atomic mass is 9.97. The molecule has 5 heteroatoms. The second-order valence-corrected chi connectivity index (χ2v) is 5.49. The fourth-order valence-corrected chi connectivity index (χ4v) is 2.59. The Kier molecular flexibility index (Phi) is 3.35.